The van der Waals surface area contributed by atoms with E-state index in [1.54, 1.807) is 22.9 Å². The normalized spacial score (nSPS) is 22.2. The maximum absolute atomic E-state index is 15.1. The van der Waals surface area contributed by atoms with Crippen molar-refractivity contribution in [3.63, 3.8) is 0 Å². The number of aldehydes is 1. The van der Waals surface area contributed by atoms with Gasteiger partial charge in [0.2, 0.25) is 0 Å². The number of nitrogens with zero attached hydrogens (tertiary/aromatic N) is 4. The number of rotatable bonds is 6. The Kier molecular flexibility index (Phi) is 6.95. The molecule has 3 aromatic rings. The summed E-state index contributed by atoms with van der Waals surface area (Å²) in [6, 6.07) is 8.57. The zero-order chi connectivity index (χ0) is 24.6. The van der Waals surface area contributed by atoms with Gasteiger partial charge in [-0.25, -0.2) is 9.07 Å². The van der Waals surface area contributed by atoms with Crippen molar-refractivity contribution >= 4 is 46.1 Å². The summed E-state index contributed by atoms with van der Waals surface area (Å²) in [6.45, 7) is 5.07. The highest BCUT2D eigenvalue weighted by atomic mass is 35.5. The summed E-state index contributed by atoms with van der Waals surface area (Å²) in [6.07, 6.45) is 7.05. The van der Waals surface area contributed by atoms with E-state index in [1.165, 1.54) is 0 Å². The molecule has 0 saturated carbocycles. The third kappa shape index (κ3) is 4.87. The highest BCUT2D eigenvalue weighted by Crippen LogP contribution is 2.33. The highest BCUT2D eigenvalue weighted by Gasteiger charge is 2.33. The van der Waals surface area contributed by atoms with Crippen molar-refractivity contribution in [1.82, 2.24) is 25.2 Å². The first kappa shape index (κ1) is 24.4. The van der Waals surface area contributed by atoms with Gasteiger partial charge in [0.1, 0.15) is 11.8 Å². The Morgan fingerprint density at radius 2 is 2.11 bits per heavy atom. The molecule has 35 heavy (non-hydrogen) atoms. The zero-order valence-electron chi connectivity index (χ0n) is 19.6. The summed E-state index contributed by atoms with van der Waals surface area (Å²) in [4.78, 5) is 14.1. The summed E-state index contributed by atoms with van der Waals surface area (Å²) in [5.74, 6) is -0.396. The van der Waals surface area contributed by atoms with Crippen LogP contribution >= 0.6 is 23.2 Å². The van der Waals surface area contributed by atoms with Crippen LogP contribution in [0.25, 0.3) is 16.6 Å². The molecule has 9 heteroatoms. The Balaban J connectivity index is 1.40. The number of carbonyl (C=O) groups is 1. The second-order valence-electron chi connectivity index (χ2n) is 9.57. The lowest BCUT2D eigenvalue weighted by molar-refractivity contribution is -0.115. The first-order valence-corrected chi connectivity index (χ1v) is 12.8. The van der Waals surface area contributed by atoms with Gasteiger partial charge in [-0.2, -0.15) is 0 Å². The molecule has 0 spiro atoms. The zero-order valence-corrected chi connectivity index (χ0v) is 21.1. The fourth-order valence-electron chi connectivity index (χ4n) is 5.22. The quantitative estimate of drug-likeness (QED) is 0.452. The lowest BCUT2D eigenvalue weighted by atomic mass is 9.89. The summed E-state index contributed by atoms with van der Waals surface area (Å²) in [7, 11) is 0. The molecule has 1 N–H and O–H groups in total. The molecule has 1 saturated heterocycles. The molecule has 1 fully saturated rings. The van der Waals surface area contributed by atoms with Gasteiger partial charge in [0.05, 0.1) is 17.1 Å². The predicted octanol–water partition coefficient (Wildman–Crippen LogP) is 5.29. The number of fused-ring (bicyclic) bond motifs is 1. The number of benzene rings is 2. The number of hydrogen-bond acceptors (Lipinski definition) is 5. The summed E-state index contributed by atoms with van der Waals surface area (Å²) in [5, 5.41) is 12.8. The van der Waals surface area contributed by atoms with Gasteiger partial charge in [-0.15, -0.1) is 5.10 Å². The standard InChI is InChI=1S/C26H28Cl2FN5O/c1-17(21-5-4-20(27)14-22(21)28)34-24-13-19(12-23(29)25(24)31-32-34)18-6-10-33(11-7-18)15-26(16-35)8-2-3-9-30-26/h4-6,12-14,16-17,30H,2-3,7-11,15H2,1H3. The second-order valence-corrected chi connectivity index (χ2v) is 10.4. The average molecular weight is 516 g/mol. The molecule has 2 aliphatic rings. The molecule has 2 aliphatic heterocycles. The Labute approximate surface area is 214 Å². The third-order valence-electron chi connectivity index (χ3n) is 7.23. The van der Waals surface area contributed by atoms with Crippen LogP contribution in [0.4, 0.5) is 4.39 Å². The minimum atomic E-state index is -0.453. The minimum absolute atomic E-state index is 0.236. The van der Waals surface area contributed by atoms with E-state index in [1.807, 2.05) is 19.1 Å². The molecular formula is C26H28Cl2FN5O. The Hall–Kier alpha value is -2.32. The molecule has 5 rings (SSSR count). The predicted molar refractivity (Wildman–Crippen MR) is 137 cm³/mol. The van der Waals surface area contributed by atoms with Gasteiger partial charge in [0.25, 0.3) is 0 Å². The van der Waals surface area contributed by atoms with Gasteiger partial charge in [-0.3, -0.25) is 4.90 Å². The van der Waals surface area contributed by atoms with Gasteiger partial charge in [0.15, 0.2) is 5.82 Å². The van der Waals surface area contributed by atoms with Crippen LogP contribution in [0.5, 0.6) is 0 Å². The fraction of sp³-hybridized carbons (Fsp3) is 0.423. The van der Waals surface area contributed by atoms with Gasteiger partial charge in [0, 0.05) is 29.7 Å². The molecule has 0 amide bonds. The van der Waals surface area contributed by atoms with Crippen LogP contribution in [0.15, 0.2) is 36.4 Å². The molecular weight excluding hydrogens is 488 g/mol. The van der Waals surface area contributed by atoms with Crippen molar-refractivity contribution in [3.8, 4) is 0 Å². The highest BCUT2D eigenvalue weighted by molar-refractivity contribution is 6.35. The monoisotopic (exact) mass is 515 g/mol. The van der Waals surface area contributed by atoms with E-state index >= 15 is 4.39 Å². The van der Waals surface area contributed by atoms with E-state index in [0.29, 0.717) is 22.1 Å². The van der Waals surface area contributed by atoms with Crippen molar-refractivity contribution in [2.75, 3.05) is 26.2 Å². The topological polar surface area (TPSA) is 63.1 Å². The molecule has 1 aromatic heterocycles. The SMILES string of the molecule is CC(c1ccc(Cl)cc1Cl)n1nnc2c(F)cc(C3=CCN(CC4(C=O)CCCCN4)CC3)cc21. The van der Waals surface area contributed by atoms with E-state index in [9.17, 15) is 4.79 Å². The molecule has 6 nitrogen and oxygen atoms in total. The maximum Gasteiger partial charge on any atom is 0.153 e. The first-order valence-electron chi connectivity index (χ1n) is 12.0. The number of aromatic nitrogens is 3. The number of halogens is 3. The Morgan fingerprint density at radius 1 is 1.26 bits per heavy atom. The summed E-state index contributed by atoms with van der Waals surface area (Å²) in [5.41, 5.74) is 3.15. The van der Waals surface area contributed by atoms with Gasteiger partial charge in [-0.05, 0) is 80.1 Å². The van der Waals surface area contributed by atoms with Crippen molar-refractivity contribution < 1.29 is 9.18 Å². The smallest absolute Gasteiger partial charge is 0.153 e. The van der Waals surface area contributed by atoms with Gasteiger partial charge < -0.3 is 10.1 Å². The molecule has 0 radical (unpaired) electrons. The lowest BCUT2D eigenvalue weighted by Gasteiger charge is -2.39. The van der Waals surface area contributed by atoms with Crippen LogP contribution in [0.1, 0.15) is 49.8 Å². The first-order chi connectivity index (χ1) is 16.9. The van der Waals surface area contributed by atoms with Crippen LogP contribution in [0, 0.1) is 5.82 Å². The molecule has 2 unspecified atom stereocenters. The molecule has 0 bridgehead atoms. The van der Waals surface area contributed by atoms with Gasteiger partial charge >= 0.3 is 0 Å². The molecule has 3 heterocycles. The lowest BCUT2D eigenvalue weighted by Crippen LogP contribution is -2.57. The summed E-state index contributed by atoms with van der Waals surface area (Å²) >= 11 is 12.5. The fourth-order valence-corrected chi connectivity index (χ4v) is 5.79. The number of nitrogens with one attached hydrogen (secondary N) is 1. The van der Waals surface area contributed by atoms with E-state index in [0.717, 1.165) is 68.3 Å². The van der Waals surface area contributed by atoms with Crippen molar-refractivity contribution in [3.05, 3.63) is 63.4 Å². The van der Waals surface area contributed by atoms with Crippen LogP contribution in [-0.2, 0) is 4.79 Å². The second kappa shape index (κ2) is 9.97. The largest absolute Gasteiger partial charge is 0.304 e. The van der Waals surface area contributed by atoms with E-state index < -0.39 is 11.4 Å². The van der Waals surface area contributed by atoms with Crippen molar-refractivity contribution in [2.45, 2.75) is 44.2 Å². The number of hydrogen-bond donors (Lipinski definition) is 1. The van der Waals surface area contributed by atoms with E-state index in [-0.39, 0.29) is 11.6 Å². The molecule has 184 valence electrons. The molecule has 0 aliphatic carbocycles. The minimum Gasteiger partial charge on any atom is -0.304 e. The third-order valence-corrected chi connectivity index (χ3v) is 7.80. The Morgan fingerprint density at radius 3 is 2.80 bits per heavy atom. The van der Waals surface area contributed by atoms with E-state index in [4.69, 9.17) is 23.2 Å². The van der Waals surface area contributed by atoms with Crippen molar-refractivity contribution in [2.24, 2.45) is 0 Å². The maximum atomic E-state index is 15.1. The number of carbonyl (C=O) groups excluding carboxylic acids is 1. The summed E-state index contributed by atoms with van der Waals surface area (Å²) < 4.78 is 16.8. The van der Waals surface area contributed by atoms with Gasteiger partial charge in [-0.1, -0.05) is 40.6 Å². The van der Waals surface area contributed by atoms with Crippen LogP contribution in [0.2, 0.25) is 10.0 Å². The Bertz CT molecular complexity index is 1280. The van der Waals surface area contributed by atoms with Crippen molar-refractivity contribution in [1.29, 1.82) is 0 Å². The molecule has 2 atom stereocenters. The van der Waals surface area contributed by atoms with E-state index in [2.05, 4.69) is 26.6 Å². The number of piperidine rings is 1. The average Bonchev–Trinajstić information content (AvgIpc) is 3.29. The van der Waals surface area contributed by atoms with Crippen LogP contribution < -0.4 is 5.32 Å². The van der Waals surface area contributed by atoms with Crippen LogP contribution in [-0.4, -0.2) is 57.9 Å². The molecule has 2 aromatic carbocycles. The van der Waals surface area contributed by atoms with Crippen LogP contribution in [0.3, 0.4) is 0 Å².